The Bertz CT molecular complexity index is 2410. The normalized spacial score (nSPS) is 14.8. The lowest BCUT2D eigenvalue weighted by molar-refractivity contribution is 0.443. The Morgan fingerprint density at radius 3 is 1.68 bits per heavy atom. The van der Waals surface area contributed by atoms with Gasteiger partial charge in [-0.25, -0.2) is 0 Å². The lowest BCUT2D eigenvalue weighted by atomic mass is 9.82. The maximum atomic E-state index is 2.50. The molecule has 0 N–H and O–H groups in total. The summed E-state index contributed by atoms with van der Waals surface area (Å²) < 4.78 is 0. The Morgan fingerprint density at radius 1 is 0.453 bits per heavy atom. The van der Waals surface area contributed by atoms with E-state index >= 15 is 0 Å². The van der Waals surface area contributed by atoms with Crippen LogP contribution >= 0.6 is 0 Å². The molecule has 1 saturated carbocycles. The molecule has 0 amide bonds. The summed E-state index contributed by atoms with van der Waals surface area (Å²) in [6.45, 7) is 6.98. The minimum Gasteiger partial charge on any atom is -0.310 e. The van der Waals surface area contributed by atoms with Crippen LogP contribution in [-0.2, 0) is 5.41 Å². The molecule has 0 spiro atoms. The minimum absolute atomic E-state index is 0.101. The van der Waals surface area contributed by atoms with E-state index in [9.17, 15) is 0 Å². The van der Waals surface area contributed by atoms with E-state index in [1.165, 1.54) is 116 Å². The number of fused-ring (bicyclic) bond motifs is 3. The lowest BCUT2D eigenvalue weighted by Gasteiger charge is -2.31. The van der Waals surface area contributed by atoms with Gasteiger partial charge in [-0.1, -0.05) is 172 Å². The number of benzene rings is 7. The molecule has 0 aliphatic heterocycles. The van der Waals surface area contributed by atoms with Gasteiger partial charge in [0.15, 0.2) is 0 Å². The third kappa shape index (κ3) is 5.99. The SMILES string of the molecule is Cc1ccc2c(c1)C(C)(C)c1cc(N(c3ccc(C4CCCCC4)cc3)c3ccccc3-c3ccccc3-c3ccccc3-c3ccccc3)ccc1-2. The standard InChI is InChI=1S/C52H47N/c1-36-26-32-46-47-33-31-41(35-50(47)52(2,3)49(46)34-36)53(40-29-27-38(28-30-40)37-16-6-4-7-17-37)51-25-15-14-24-48(51)45-23-13-12-22-44(45)43-21-11-10-20-42(43)39-18-8-5-9-19-39/h5,8-15,18-35,37H,4,6-7,16-17H2,1-3H3. The molecule has 0 atom stereocenters. The molecule has 0 unspecified atom stereocenters. The molecule has 53 heavy (non-hydrogen) atoms. The minimum atomic E-state index is -0.101. The van der Waals surface area contributed by atoms with Gasteiger partial charge in [0.2, 0.25) is 0 Å². The fourth-order valence-electron chi connectivity index (χ4n) is 9.17. The number of hydrogen-bond acceptors (Lipinski definition) is 1. The number of aryl methyl sites for hydroxylation is 1. The maximum absolute atomic E-state index is 2.50. The summed E-state index contributed by atoms with van der Waals surface area (Å²) >= 11 is 0. The molecule has 0 radical (unpaired) electrons. The van der Waals surface area contributed by atoms with Crippen molar-refractivity contribution in [2.45, 2.75) is 64.2 Å². The molecule has 0 saturated heterocycles. The first-order valence-corrected chi connectivity index (χ1v) is 19.5. The molecule has 2 aliphatic rings. The zero-order valence-electron chi connectivity index (χ0n) is 31.1. The highest BCUT2D eigenvalue weighted by atomic mass is 15.1. The van der Waals surface area contributed by atoms with Crippen molar-refractivity contribution in [3.8, 4) is 44.5 Å². The zero-order valence-corrected chi connectivity index (χ0v) is 31.1. The number of anilines is 3. The molecule has 1 heteroatoms. The predicted molar refractivity (Wildman–Crippen MR) is 226 cm³/mol. The van der Waals surface area contributed by atoms with Gasteiger partial charge < -0.3 is 4.90 Å². The monoisotopic (exact) mass is 685 g/mol. The summed E-state index contributed by atoms with van der Waals surface area (Å²) in [6.07, 6.45) is 6.64. The molecule has 260 valence electrons. The molecule has 1 nitrogen and oxygen atoms in total. The first kappa shape index (κ1) is 33.2. The Morgan fingerprint density at radius 2 is 0.981 bits per heavy atom. The van der Waals surface area contributed by atoms with Crippen molar-refractivity contribution < 1.29 is 0 Å². The number of rotatable bonds is 7. The average Bonchev–Trinajstić information content (AvgIpc) is 3.43. The molecule has 0 aromatic heterocycles. The summed E-state index contributed by atoms with van der Waals surface area (Å²) in [7, 11) is 0. The van der Waals surface area contributed by atoms with Gasteiger partial charge in [-0.3, -0.25) is 0 Å². The van der Waals surface area contributed by atoms with Crippen LogP contribution in [0.3, 0.4) is 0 Å². The quantitative estimate of drug-likeness (QED) is 0.161. The zero-order chi connectivity index (χ0) is 35.9. The van der Waals surface area contributed by atoms with Crippen molar-refractivity contribution in [2.75, 3.05) is 4.90 Å². The van der Waals surface area contributed by atoms with Crippen LogP contribution < -0.4 is 4.90 Å². The predicted octanol–water partition coefficient (Wildman–Crippen LogP) is 14.8. The molecule has 7 aromatic carbocycles. The van der Waals surface area contributed by atoms with Crippen LogP contribution in [0.25, 0.3) is 44.5 Å². The Hall–Kier alpha value is -5.66. The summed E-state index contributed by atoms with van der Waals surface area (Å²) in [4.78, 5) is 2.50. The molecule has 7 aromatic rings. The summed E-state index contributed by atoms with van der Waals surface area (Å²) in [5.41, 5.74) is 19.1. The van der Waals surface area contributed by atoms with Gasteiger partial charge in [0.25, 0.3) is 0 Å². The fraction of sp³-hybridized carbons (Fsp3) is 0.192. The van der Waals surface area contributed by atoms with Gasteiger partial charge in [-0.05, 0) is 112 Å². The highest BCUT2D eigenvalue weighted by Crippen LogP contribution is 2.52. The highest BCUT2D eigenvalue weighted by Gasteiger charge is 2.36. The molecule has 0 bridgehead atoms. The summed E-state index contributed by atoms with van der Waals surface area (Å²) in [6, 6.07) is 61.2. The van der Waals surface area contributed by atoms with Gasteiger partial charge in [0.05, 0.1) is 5.69 Å². The van der Waals surface area contributed by atoms with E-state index in [4.69, 9.17) is 0 Å². The second-order valence-electron chi connectivity index (χ2n) is 15.6. The summed E-state index contributed by atoms with van der Waals surface area (Å²) in [5.74, 6) is 0.665. The topological polar surface area (TPSA) is 3.24 Å². The molecule has 0 heterocycles. The second-order valence-corrected chi connectivity index (χ2v) is 15.6. The molecule has 9 rings (SSSR count). The smallest absolute Gasteiger partial charge is 0.0540 e. The Balaban J connectivity index is 1.22. The lowest BCUT2D eigenvalue weighted by Crippen LogP contribution is -2.17. The van der Waals surface area contributed by atoms with Crippen molar-refractivity contribution >= 4 is 17.1 Å². The molecule has 1 fully saturated rings. The molecular formula is C52H47N. The largest absolute Gasteiger partial charge is 0.310 e. The second kappa shape index (κ2) is 13.7. The van der Waals surface area contributed by atoms with E-state index in [-0.39, 0.29) is 5.41 Å². The Labute approximate surface area is 315 Å². The third-order valence-corrected chi connectivity index (χ3v) is 12.0. The van der Waals surface area contributed by atoms with Crippen LogP contribution in [0.2, 0.25) is 0 Å². The van der Waals surface area contributed by atoms with Crippen LogP contribution in [0.4, 0.5) is 17.1 Å². The van der Waals surface area contributed by atoms with E-state index in [1.54, 1.807) is 0 Å². The van der Waals surface area contributed by atoms with E-state index < -0.39 is 0 Å². The maximum Gasteiger partial charge on any atom is 0.0540 e. The van der Waals surface area contributed by atoms with E-state index in [0.717, 1.165) is 0 Å². The van der Waals surface area contributed by atoms with E-state index in [2.05, 4.69) is 189 Å². The van der Waals surface area contributed by atoms with Crippen molar-refractivity contribution in [3.05, 3.63) is 186 Å². The average molecular weight is 686 g/mol. The van der Waals surface area contributed by atoms with Crippen LogP contribution in [-0.4, -0.2) is 0 Å². The van der Waals surface area contributed by atoms with Crippen LogP contribution in [0.5, 0.6) is 0 Å². The van der Waals surface area contributed by atoms with Crippen molar-refractivity contribution in [1.29, 1.82) is 0 Å². The third-order valence-electron chi connectivity index (χ3n) is 12.0. The van der Waals surface area contributed by atoms with Gasteiger partial charge in [0, 0.05) is 22.4 Å². The van der Waals surface area contributed by atoms with E-state index in [0.29, 0.717) is 5.92 Å². The van der Waals surface area contributed by atoms with E-state index in [1.807, 2.05) is 0 Å². The highest BCUT2D eigenvalue weighted by molar-refractivity contribution is 5.97. The van der Waals surface area contributed by atoms with Gasteiger partial charge in [-0.15, -0.1) is 0 Å². The first-order valence-electron chi connectivity index (χ1n) is 19.5. The first-order chi connectivity index (χ1) is 26.0. The number of nitrogens with zero attached hydrogens (tertiary/aromatic N) is 1. The summed E-state index contributed by atoms with van der Waals surface area (Å²) in [5, 5.41) is 0. The van der Waals surface area contributed by atoms with Crippen molar-refractivity contribution in [1.82, 2.24) is 0 Å². The fourth-order valence-corrected chi connectivity index (χ4v) is 9.17. The Kier molecular flexibility index (Phi) is 8.59. The van der Waals surface area contributed by atoms with Crippen LogP contribution in [0, 0.1) is 6.92 Å². The van der Waals surface area contributed by atoms with Gasteiger partial charge in [0.1, 0.15) is 0 Å². The number of para-hydroxylation sites is 1. The van der Waals surface area contributed by atoms with Crippen LogP contribution in [0.15, 0.2) is 164 Å². The number of hydrogen-bond donors (Lipinski definition) is 0. The van der Waals surface area contributed by atoms with Crippen molar-refractivity contribution in [2.24, 2.45) is 0 Å². The van der Waals surface area contributed by atoms with Gasteiger partial charge >= 0.3 is 0 Å². The van der Waals surface area contributed by atoms with Crippen LogP contribution in [0.1, 0.15) is 74.1 Å². The van der Waals surface area contributed by atoms with Gasteiger partial charge in [-0.2, -0.15) is 0 Å². The molecular weight excluding hydrogens is 639 g/mol. The molecule has 2 aliphatic carbocycles. The van der Waals surface area contributed by atoms with Crippen molar-refractivity contribution in [3.63, 3.8) is 0 Å².